The van der Waals surface area contributed by atoms with Gasteiger partial charge in [-0.05, 0) is 18.6 Å². The normalized spacial score (nSPS) is 37.8. The SMILES string of the molecule is CO[C@@H]1C[C@@]2(O)[C@H](O)C[C@](C)(OC(=O)/C=C/c3ccccc3)[C@H]2CO1. The van der Waals surface area contributed by atoms with E-state index in [2.05, 4.69) is 0 Å². The Hall–Kier alpha value is -1.73. The molecule has 3 rings (SSSR count). The highest BCUT2D eigenvalue weighted by molar-refractivity contribution is 5.87. The third kappa shape index (κ3) is 3.48. The summed E-state index contributed by atoms with van der Waals surface area (Å²) in [6.07, 6.45) is 1.73. The van der Waals surface area contributed by atoms with Crippen LogP contribution in [0.1, 0.15) is 25.3 Å². The molecule has 1 heterocycles. The van der Waals surface area contributed by atoms with Crippen LogP contribution in [0.5, 0.6) is 0 Å². The topological polar surface area (TPSA) is 85.2 Å². The Morgan fingerprint density at radius 2 is 2.04 bits per heavy atom. The minimum atomic E-state index is -1.39. The smallest absolute Gasteiger partial charge is 0.331 e. The molecule has 1 aromatic carbocycles. The fourth-order valence-corrected chi connectivity index (χ4v) is 3.85. The summed E-state index contributed by atoms with van der Waals surface area (Å²) in [4.78, 5) is 12.2. The molecule has 0 spiro atoms. The van der Waals surface area contributed by atoms with Crippen molar-refractivity contribution >= 4 is 12.0 Å². The summed E-state index contributed by atoms with van der Waals surface area (Å²) in [6, 6.07) is 9.41. The highest BCUT2D eigenvalue weighted by atomic mass is 16.7. The number of carbonyl (C=O) groups excluding carboxylic acids is 1. The van der Waals surface area contributed by atoms with Gasteiger partial charge in [0.05, 0.1) is 18.6 Å². The molecule has 1 aliphatic heterocycles. The van der Waals surface area contributed by atoms with Crippen LogP contribution in [0.2, 0.25) is 0 Å². The molecule has 1 aromatic rings. The third-order valence-electron chi connectivity index (χ3n) is 5.27. The molecule has 1 saturated heterocycles. The average molecular weight is 348 g/mol. The van der Waals surface area contributed by atoms with Crippen molar-refractivity contribution in [1.82, 2.24) is 0 Å². The van der Waals surface area contributed by atoms with E-state index in [9.17, 15) is 15.0 Å². The molecule has 0 unspecified atom stereocenters. The van der Waals surface area contributed by atoms with Crippen molar-refractivity contribution in [3.63, 3.8) is 0 Å². The largest absolute Gasteiger partial charge is 0.456 e. The van der Waals surface area contributed by atoms with E-state index in [4.69, 9.17) is 14.2 Å². The maximum Gasteiger partial charge on any atom is 0.331 e. The van der Waals surface area contributed by atoms with E-state index in [0.29, 0.717) is 0 Å². The van der Waals surface area contributed by atoms with Gasteiger partial charge in [0.15, 0.2) is 6.29 Å². The molecule has 6 nitrogen and oxygen atoms in total. The molecule has 5 atom stereocenters. The molecule has 1 aliphatic carbocycles. The monoisotopic (exact) mass is 348 g/mol. The number of ether oxygens (including phenoxy) is 3. The number of aliphatic hydroxyl groups excluding tert-OH is 1. The van der Waals surface area contributed by atoms with Gasteiger partial charge in [-0.1, -0.05) is 30.3 Å². The lowest BCUT2D eigenvalue weighted by Crippen LogP contribution is -2.56. The van der Waals surface area contributed by atoms with Crippen LogP contribution >= 0.6 is 0 Å². The van der Waals surface area contributed by atoms with Crippen molar-refractivity contribution in [3.8, 4) is 0 Å². The zero-order valence-corrected chi connectivity index (χ0v) is 14.4. The summed E-state index contributed by atoms with van der Waals surface area (Å²) in [6.45, 7) is 1.88. The first-order valence-corrected chi connectivity index (χ1v) is 8.38. The molecular weight excluding hydrogens is 324 g/mol. The minimum absolute atomic E-state index is 0.141. The fourth-order valence-electron chi connectivity index (χ4n) is 3.85. The number of fused-ring (bicyclic) bond motifs is 1. The second-order valence-electron chi connectivity index (χ2n) is 6.94. The predicted molar refractivity (Wildman–Crippen MR) is 90.4 cm³/mol. The van der Waals surface area contributed by atoms with E-state index >= 15 is 0 Å². The second-order valence-corrected chi connectivity index (χ2v) is 6.94. The zero-order chi connectivity index (χ0) is 18.1. The van der Waals surface area contributed by atoms with E-state index in [1.54, 1.807) is 13.0 Å². The van der Waals surface area contributed by atoms with Crippen LogP contribution in [-0.4, -0.2) is 53.5 Å². The summed E-state index contributed by atoms with van der Waals surface area (Å²) < 4.78 is 16.3. The molecule has 0 bridgehead atoms. The van der Waals surface area contributed by atoms with E-state index in [1.165, 1.54) is 13.2 Å². The lowest BCUT2D eigenvalue weighted by Gasteiger charge is -2.43. The summed E-state index contributed by atoms with van der Waals surface area (Å²) in [5.74, 6) is -1.04. The molecule has 136 valence electrons. The lowest BCUT2D eigenvalue weighted by molar-refractivity contribution is -0.249. The van der Waals surface area contributed by atoms with Gasteiger partial charge in [0, 0.05) is 26.0 Å². The average Bonchev–Trinajstić information content (AvgIpc) is 2.79. The van der Waals surface area contributed by atoms with Gasteiger partial charge < -0.3 is 24.4 Å². The summed E-state index contributed by atoms with van der Waals surface area (Å²) in [7, 11) is 1.49. The molecular formula is C19H24O6. The summed E-state index contributed by atoms with van der Waals surface area (Å²) in [5.41, 5.74) is -1.52. The lowest BCUT2D eigenvalue weighted by atomic mass is 9.80. The van der Waals surface area contributed by atoms with E-state index in [0.717, 1.165) is 5.56 Å². The van der Waals surface area contributed by atoms with Crippen LogP contribution < -0.4 is 0 Å². The van der Waals surface area contributed by atoms with E-state index in [1.807, 2.05) is 30.3 Å². The number of carbonyl (C=O) groups is 1. The van der Waals surface area contributed by atoms with Crippen LogP contribution in [0.3, 0.4) is 0 Å². The molecule has 2 N–H and O–H groups in total. The van der Waals surface area contributed by atoms with Gasteiger partial charge in [-0.3, -0.25) is 0 Å². The Morgan fingerprint density at radius 3 is 2.72 bits per heavy atom. The second kappa shape index (κ2) is 6.88. The number of hydrogen-bond donors (Lipinski definition) is 2. The summed E-state index contributed by atoms with van der Waals surface area (Å²) in [5, 5.41) is 21.3. The van der Waals surface area contributed by atoms with Crippen LogP contribution in [0.25, 0.3) is 6.08 Å². The highest BCUT2D eigenvalue weighted by Gasteiger charge is 2.64. The van der Waals surface area contributed by atoms with Gasteiger partial charge in [-0.2, -0.15) is 0 Å². The maximum atomic E-state index is 12.2. The van der Waals surface area contributed by atoms with Gasteiger partial charge >= 0.3 is 5.97 Å². The number of aliphatic hydroxyl groups is 2. The van der Waals surface area contributed by atoms with Crippen LogP contribution in [0.15, 0.2) is 36.4 Å². The molecule has 0 aromatic heterocycles. The van der Waals surface area contributed by atoms with E-state index < -0.39 is 35.5 Å². The third-order valence-corrected chi connectivity index (χ3v) is 5.27. The van der Waals surface area contributed by atoms with Crippen LogP contribution in [-0.2, 0) is 19.0 Å². The first-order valence-electron chi connectivity index (χ1n) is 8.38. The number of esters is 1. The van der Waals surface area contributed by atoms with Crippen molar-refractivity contribution in [2.24, 2.45) is 5.92 Å². The zero-order valence-electron chi connectivity index (χ0n) is 14.4. The maximum absolute atomic E-state index is 12.2. The fraction of sp³-hybridized carbons (Fsp3) is 0.526. The molecule has 2 fully saturated rings. The van der Waals surface area contributed by atoms with Gasteiger partial charge in [0.2, 0.25) is 0 Å². The quantitative estimate of drug-likeness (QED) is 0.634. The number of rotatable bonds is 4. The Kier molecular flexibility index (Phi) is 4.97. The Bertz CT molecular complexity index is 645. The predicted octanol–water partition coefficient (Wildman–Crippen LogP) is 1.51. The number of methoxy groups -OCH3 is 1. The molecule has 6 heteroatoms. The number of benzene rings is 1. The van der Waals surface area contributed by atoms with Crippen molar-refractivity contribution in [1.29, 1.82) is 0 Å². The van der Waals surface area contributed by atoms with Crippen LogP contribution in [0.4, 0.5) is 0 Å². The van der Waals surface area contributed by atoms with Gasteiger partial charge in [-0.25, -0.2) is 4.79 Å². The Morgan fingerprint density at radius 1 is 1.32 bits per heavy atom. The minimum Gasteiger partial charge on any atom is -0.456 e. The van der Waals surface area contributed by atoms with Gasteiger partial charge in [0.25, 0.3) is 0 Å². The van der Waals surface area contributed by atoms with Crippen LogP contribution in [0, 0.1) is 5.92 Å². The summed E-state index contributed by atoms with van der Waals surface area (Å²) >= 11 is 0. The molecule has 0 radical (unpaired) electrons. The molecule has 2 aliphatic rings. The first-order chi connectivity index (χ1) is 11.9. The van der Waals surface area contributed by atoms with E-state index in [-0.39, 0.29) is 19.4 Å². The first kappa shape index (κ1) is 18.1. The van der Waals surface area contributed by atoms with Crippen molar-refractivity contribution in [2.75, 3.05) is 13.7 Å². The van der Waals surface area contributed by atoms with Crippen molar-refractivity contribution in [3.05, 3.63) is 42.0 Å². The van der Waals surface area contributed by atoms with Gasteiger partial charge in [0.1, 0.15) is 11.2 Å². The molecule has 0 amide bonds. The highest BCUT2D eigenvalue weighted by Crippen LogP contribution is 2.50. The standard InChI is InChI=1S/C19H24O6/c1-18(25-16(21)9-8-13-6-4-3-5-7-13)10-15(20)19(22)11-17(23-2)24-12-14(18)19/h3-9,14-15,17,20,22H,10-12H2,1-2H3/b9-8+/t14-,15-,17+,18+,19+/m1/s1. The van der Waals surface area contributed by atoms with Crippen molar-refractivity contribution < 1.29 is 29.2 Å². The molecule has 1 saturated carbocycles. The van der Waals surface area contributed by atoms with Gasteiger partial charge in [-0.15, -0.1) is 0 Å². The Labute approximate surface area is 147 Å². The molecule has 25 heavy (non-hydrogen) atoms. The van der Waals surface area contributed by atoms with Crippen molar-refractivity contribution in [2.45, 2.75) is 43.4 Å². The Balaban J connectivity index is 1.71. The number of hydrogen-bond acceptors (Lipinski definition) is 6.